The van der Waals surface area contributed by atoms with Gasteiger partial charge in [-0.15, -0.1) is 0 Å². The Balaban J connectivity index is 2.03. The Morgan fingerprint density at radius 1 is 0.696 bits per heavy atom. The van der Waals surface area contributed by atoms with Gasteiger partial charge in [0.25, 0.3) is 0 Å². The van der Waals surface area contributed by atoms with Crippen molar-refractivity contribution in [2.24, 2.45) is 0 Å². The Bertz CT molecular complexity index is 583. The fourth-order valence-corrected chi connectivity index (χ4v) is 2.96. The largest absolute Gasteiger partial charge is 0.206 e. The van der Waals surface area contributed by atoms with Gasteiger partial charge in [-0.1, -0.05) is 75.9 Å². The summed E-state index contributed by atoms with van der Waals surface area (Å²) in [7, 11) is 0. The van der Waals surface area contributed by atoms with Crippen molar-refractivity contribution in [3.63, 3.8) is 0 Å². The molecule has 0 aromatic heterocycles. The molecule has 0 aliphatic heterocycles. The SMILES string of the molecule is CCCCCc1ccc(-c2ccc(CCCCC)cc2F)cc1. The summed E-state index contributed by atoms with van der Waals surface area (Å²) in [5, 5.41) is 0. The Hall–Kier alpha value is -1.63. The lowest BCUT2D eigenvalue weighted by Gasteiger charge is -2.08. The van der Waals surface area contributed by atoms with E-state index in [2.05, 4.69) is 44.2 Å². The minimum atomic E-state index is -0.0993. The van der Waals surface area contributed by atoms with Gasteiger partial charge in [0.05, 0.1) is 0 Å². The van der Waals surface area contributed by atoms with Crippen molar-refractivity contribution in [1.82, 2.24) is 0 Å². The molecule has 2 rings (SSSR count). The van der Waals surface area contributed by atoms with Crippen LogP contribution in [0, 0.1) is 5.82 Å². The second-order valence-electron chi connectivity index (χ2n) is 6.43. The van der Waals surface area contributed by atoms with Crippen LogP contribution in [0.2, 0.25) is 0 Å². The predicted molar refractivity (Wildman–Crippen MR) is 98.3 cm³/mol. The van der Waals surface area contributed by atoms with Gasteiger partial charge in [0, 0.05) is 5.56 Å². The number of benzene rings is 2. The quantitative estimate of drug-likeness (QED) is 0.439. The van der Waals surface area contributed by atoms with Gasteiger partial charge in [-0.05, 0) is 48.4 Å². The van der Waals surface area contributed by atoms with E-state index in [0.29, 0.717) is 5.56 Å². The van der Waals surface area contributed by atoms with Crippen molar-refractivity contribution in [2.45, 2.75) is 65.2 Å². The van der Waals surface area contributed by atoms with Crippen LogP contribution < -0.4 is 0 Å². The number of halogens is 1. The molecular weight excluding hydrogens is 283 g/mol. The highest BCUT2D eigenvalue weighted by atomic mass is 19.1. The Morgan fingerprint density at radius 3 is 1.83 bits per heavy atom. The molecule has 0 N–H and O–H groups in total. The van der Waals surface area contributed by atoms with E-state index in [1.165, 1.54) is 37.7 Å². The molecule has 0 saturated carbocycles. The van der Waals surface area contributed by atoms with E-state index in [4.69, 9.17) is 0 Å². The average Bonchev–Trinajstić information content (AvgIpc) is 2.56. The molecule has 0 atom stereocenters. The normalized spacial score (nSPS) is 10.9. The Labute approximate surface area is 140 Å². The molecular formula is C22H29F. The summed E-state index contributed by atoms with van der Waals surface area (Å²) in [4.78, 5) is 0. The molecule has 0 saturated heterocycles. The Kier molecular flexibility index (Phi) is 7.32. The number of aryl methyl sites for hydroxylation is 2. The van der Waals surface area contributed by atoms with Crippen LogP contribution in [-0.2, 0) is 12.8 Å². The molecule has 124 valence electrons. The standard InChI is InChI=1S/C22H29F/c1-3-5-7-9-18-11-14-20(15-12-18)21-16-13-19(17-22(21)23)10-8-6-4-2/h11-17H,3-10H2,1-2H3. The molecule has 0 bridgehead atoms. The van der Waals surface area contributed by atoms with E-state index in [1.54, 1.807) is 6.07 Å². The molecule has 0 aliphatic rings. The summed E-state index contributed by atoms with van der Waals surface area (Å²) in [6, 6.07) is 14.1. The second-order valence-corrected chi connectivity index (χ2v) is 6.43. The van der Waals surface area contributed by atoms with E-state index in [0.717, 1.165) is 30.4 Å². The fraction of sp³-hybridized carbons (Fsp3) is 0.455. The van der Waals surface area contributed by atoms with Crippen molar-refractivity contribution in [2.75, 3.05) is 0 Å². The predicted octanol–water partition coefficient (Wildman–Crippen LogP) is 6.96. The molecule has 0 heterocycles. The van der Waals surface area contributed by atoms with E-state index >= 15 is 0 Å². The lowest BCUT2D eigenvalue weighted by molar-refractivity contribution is 0.626. The minimum absolute atomic E-state index is 0.0993. The zero-order valence-corrected chi connectivity index (χ0v) is 14.6. The summed E-state index contributed by atoms with van der Waals surface area (Å²) in [5.74, 6) is -0.0993. The third-order valence-corrected chi connectivity index (χ3v) is 4.44. The van der Waals surface area contributed by atoms with Gasteiger partial charge in [0.1, 0.15) is 5.82 Å². The first-order chi connectivity index (χ1) is 11.2. The lowest BCUT2D eigenvalue weighted by Crippen LogP contribution is -1.91. The first-order valence-corrected chi connectivity index (χ1v) is 9.12. The van der Waals surface area contributed by atoms with E-state index in [1.807, 2.05) is 6.07 Å². The van der Waals surface area contributed by atoms with Gasteiger partial charge < -0.3 is 0 Å². The summed E-state index contributed by atoms with van der Waals surface area (Å²) < 4.78 is 14.4. The van der Waals surface area contributed by atoms with Crippen LogP contribution in [0.3, 0.4) is 0 Å². The van der Waals surface area contributed by atoms with E-state index in [9.17, 15) is 4.39 Å². The highest BCUT2D eigenvalue weighted by Crippen LogP contribution is 2.25. The molecule has 23 heavy (non-hydrogen) atoms. The van der Waals surface area contributed by atoms with Gasteiger partial charge in [-0.3, -0.25) is 0 Å². The summed E-state index contributed by atoms with van der Waals surface area (Å²) in [6.07, 6.45) is 9.39. The van der Waals surface area contributed by atoms with Crippen LogP contribution in [0.1, 0.15) is 63.5 Å². The van der Waals surface area contributed by atoms with Crippen LogP contribution in [0.15, 0.2) is 42.5 Å². The number of rotatable bonds is 9. The van der Waals surface area contributed by atoms with Gasteiger partial charge in [0.15, 0.2) is 0 Å². The highest BCUT2D eigenvalue weighted by Gasteiger charge is 2.06. The molecule has 0 radical (unpaired) electrons. The minimum Gasteiger partial charge on any atom is -0.206 e. The molecule has 0 nitrogen and oxygen atoms in total. The topological polar surface area (TPSA) is 0 Å². The van der Waals surface area contributed by atoms with Crippen molar-refractivity contribution in [3.05, 3.63) is 59.4 Å². The van der Waals surface area contributed by atoms with Crippen molar-refractivity contribution < 1.29 is 4.39 Å². The molecule has 0 fully saturated rings. The number of hydrogen-bond acceptors (Lipinski definition) is 0. The summed E-state index contributed by atoms with van der Waals surface area (Å²) >= 11 is 0. The monoisotopic (exact) mass is 312 g/mol. The lowest BCUT2D eigenvalue weighted by atomic mass is 9.98. The summed E-state index contributed by atoms with van der Waals surface area (Å²) in [6.45, 7) is 4.41. The molecule has 0 unspecified atom stereocenters. The van der Waals surface area contributed by atoms with Crippen LogP contribution >= 0.6 is 0 Å². The molecule has 2 aromatic carbocycles. The van der Waals surface area contributed by atoms with Gasteiger partial charge >= 0.3 is 0 Å². The van der Waals surface area contributed by atoms with Crippen LogP contribution in [-0.4, -0.2) is 0 Å². The molecule has 0 aliphatic carbocycles. The van der Waals surface area contributed by atoms with E-state index < -0.39 is 0 Å². The zero-order chi connectivity index (χ0) is 16.5. The van der Waals surface area contributed by atoms with Crippen molar-refractivity contribution >= 4 is 0 Å². The summed E-state index contributed by atoms with van der Waals surface area (Å²) in [5.41, 5.74) is 4.14. The molecule has 0 amide bonds. The fourth-order valence-electron chi connectivity index (χ4n) is 2.96. The maximum Gasteiger partial charge on any atom is 0.131 e. The molecule has 2 aromatic rings. The van der Waals surface area contributed by atoms with Crippen LogP contribution in [0.5, 0.6) is 0 Å². The van der Waals surface area contributed by atoms with Crippen LogP contribution in [0.4, 0.5) is 4.39 Å². The number of unbranched alkanes of at least 4 members (excludes halogenated alkanes) is 4. The maximum absolute atomic E-state index is 14.4. The smallest absolute Gasteiger partial charge is 0.131 e. The average molecular weight is 312 g/mol. The van der Waals surface area contributed by atoms with Crippen molar-refractivity contribution in [3.8, 4) is 11.1 Å². The third kappa shape index (κ3) is 5.49. The highest BCUT2D eigenvalue weighted by molar-refractivity contribution is 5.64. The molecule has 1 heteroatoms. The Morgan fingerprint density at radius 2 is 1.26 bits per heavy atom. The molecule has 0 spiro atoms. The van der Waals surface area contributed by atoms with Gasteiger partial charge in [-0.25, -0.2) is 4.39 Å². The second kappa shape index (κ2) is 9.50. The number of hydrogen-bond donors (Lipinski definition) is 0. The van der Waals surface area contributed by atoms with Gasteiger partial charge in [-0.2, -0.15) is 0 Å². The van der Waals surface area contributed by atoms with E-state index in [-0.39, 0.29) is 5.82 Å². The van der Waals surface area contributed by atoms with Gasteiger partial charge in [0.2, 0.25) is 0 Å². The third-order valence-electron chi connectivity index (χ3n) is 4.44. The first-order valence-electron chi connectivity index (χ1n) is 9.12. The van der Waals surface area contributed by atoms with Crippen LogP contribution in [0.25, 0.3) is 11.1 Å². The van der Waals surface area contributed by atoms with Crippen molar-refractivity contribution in [1.29, 1.82) is 0 Å². The zero-order valence-electron chi connectivity index (χ0n) is 14.6. The maximum atomic E-state index is 14.4. The first kappa shape index (κ1) is 17.7.